The van der Waals surface area contributed by atoms with Crippen LogP contribution in [0.2, 0.25) is 0 Å². The van der Waals surface area contributed by atoms with E-state index in [2.05, 4.69) is 25.6 Å². The zero-order valence-corrected chi connectivity index (χ0v) is 14.7. The Morgan fingerprint density at radius 2 is 1.96 bits per heavy atom. The van der Waals surface area contributed by atoms with Crippen LogP contribution >= 0.6 is 0 Å². The maximum atomic E-state index is 12.0. The highest BCUT2D eigenvalue weighted by Gasteiger charge is 2.03. The summed E-state index contributed by atoms with van der Waals surface area (Å²) in [6.45, 7) is 0. The Kier molecular flexibility index (Phi) is 4.92. The van der Waals surface area contributed by atoms with E-state index in [9.17, 15) is 4.79 Å². The van der Waals surface area contributed by atoms with Crippen LogP contribution in [0.1, 0.15) is 5.76 Å². The van der Waals surface area contributed by atoms with Crippen LogP contribution in [0.15, 0.2) is 84.3 Å². The van der Waals surface area contributed by atoms with Gasteiger partial charge in [0.05, 0.1) is 6.26 Å². The maximum Gasteiger partial charge on any atom is 0.248 e. The lowest BCUT2D eigenvalue weighted by molar-refractivity contribution is -0.111. The molecule has 1 amide bonds. The lowest BCUT2D eigenvalue weighted by Crippen LogP contribution is -2.07. The molecule has 0 aliphatic heterocycles. The SMILES string of the molecule is O=C(/C=C/c1ccco1)Nc1ccc(Nc2cc(-n3ccnc3)ncn2)cc1. The number of nitrogens with one attached hydrogen (secondary N) is 2. The number of anilines is 3. The molecule has 0 atom stereocenters. The second-order valence-electron chi connectivity index (χ2n) is 5.77. The molecule has 4 aromatic rings. The minimum Gasteiger partial charge on any atom is -0.465 e. The number of imidazole rings is 1. The Morgan fingerprint density at radius 3 is 2.71 bits per heavy atom. The van der Waals surface area contributed by atoms with Crippen LogP contribution in [0.4, 0.5) is 17.2 Å². The summed E-state index contributed by atoms with van der Waals surface area (Å²) >= 11 is 0. The quantitative estimate of drug-likeness (QED) is 0.501. The van der Waals surface area contributed by atoms with Crippen molar-refractivity contribution in [2.24, 2.45) is 0 Å². The number of furan rings is 1. The number of hydrogen-bond donors (Lipinski definition) is 2. The van der Waals surface area contributed by atoms with Gasteiger partial charge in [-0.15, -0.1) is 0 Å². The van der Waals surface area contributed by atoms with Gasteiger partial charge in [-0.3, -0.25) is 9.36 Å². The first-order chi connectivity index (χ1) is 13.8. The van der Waals surface area contributed by atoms with E-state index >= 15 is 0 Å². The molecule has 138 valence electrons. The third-order valence-corrected chi connectivity index (χ3v) is 3.79. The van der Waals surface area contributed by atoms with E-state index < -0.39 is 0 Å². The van der Waals surface area contributed by atoms with Crippen LogP contribution in [-0.4, -0.2) is 25.4 Å². The first-order valence-corrected chi connectivity index (χ1v) is 8.46. The first kappa shape index (κ1) is 17.2. The minimum atomic E-state index is -0.238. The van der Waals surface area contributed by atoms with Crippen LogP contribution in [0.25, 0.3) is 11.9 Å². The molecule has 0 saturated carbocycles. The second kappa shape index (κ2) is 8.00. The second-order valence-corrected chi connectivity index (χ2v) is 5.77. The fraction of sp³-hybridized carbons (Fsp3) is 0. The van der Waals surface area contributed by atoms with Crippen LogP contribution in [0.5, 0.6) is 0 Å². The lowest BCUT2D eigenvalue weighted by atomic mass is 10.2. The monoisotopic (exact) mass is 372 g/mol. The molecule has 8 heteroatoms. The van der Waals surface area contributed by atoms with Crippen LogP contribution in [0, 0.1) is 0 Å². The number of hydrogen-bond acceptors (Lipinski definition) is 6. The molecule has 0 aliphatic carbocycles. The molecule has 0 aliphatic rings. The number of carbonyl (C=O) groups excluding carboxylic acids is 1. The molecule has 3 heterocycles. The Balaban J connectivity index is 1.38. The van der Waals surface area contributed by atoms with E-state index in [0.717, 1.165) is 5.69 Å². The number of benzene rings is 1. The fourth-order valence-electron chi connectivity index (χ4n) is 2.46. The molecule has 0 saturated heterocycles. The average Bonchev–Trinajstić information content (AvgIpc) is 3.42. The van der Waals surface area contributed by atoms with Gasteiger partial charge in [0.25, 0.3) is 0 Å². The minimum absolute atomic E-state index is 0.238. The third kappa shape index (κ3) is 4.31. The van der Waals surface area contributed by atoms with Crippen molar-refractivity contribution >= 4 is 29.2 Å². The van der Waals surface area contributed by atoms with Crippen molar-refractivity contribution < 1.29 is 9.21 Å². The van der Waals surface area contributed by atoms with Gasteiger partial charge in [-0.05, 0) is 42.5 Å². The van der Waals surface area contributed by atoms with E-state index in [-0.39, 0.29) is 5.91 Å². The van der Waals surface area contributed by atoms with E-state index in [1.165, 1.54) is 12.4 Å². The Hall–Kier alpha value is -4.20. The number of aromatic nitrogens is 4. The van der Waals surface area contributed by atoms with Crippen molar-refractivity contribution in [1.29, 1.82) is 0 Å². The molecule has 28 heavy (non-hydrogen) atoms. The van der Waals surface area contributed by atoms with Crippen molar-refractivity contribution in [3.63, 3.8) is 0 Å². The largest absolute Gasteiger partial charge is 0.465 e. The number of amides is 1. The average molecular weight is 372 g/mol. The summed E-state index contributed by atoms with van der Waals surface area (Å²) in [5.41, 5.74) is 1.51. The summed E-state index contributed by atoms with van der Waals surface area (Å²) in [6, 6.07) is 12.7. The highest BCUT2D eigenvalue weighted by molar-refractivity contribution is 6.01. The van der Waals surface area contributed by atoms with Gasteiger partial charge in [0, 0.05) is 35.9 Å². The molecule has 0 fully saturated rings. The molecule has 1 aromatic carbocycles. The van der Waals surface area contributed by atoms with Gasteiger partial charge in [0.2, 0.25) is 5.91 Å². The molecule has 8 nitrogen and oxygen atoms in total. The zero-order valence-electron chi connectivity index (χ0n) is 14.7. The van der Waals surface area contributed by atoms with E-state index in [0.29, 0.717) is 23.1 Å². The van der Waals surface area contributed by atoms with Gasteiger partial charge in [-0.1, -0.05) is 0 Å². The van der Waals surface area contributed by atoms with Gasteiger partial charge in [0.15, 0.2) is 0 Å². The number of rotatable bonds is 6. The summed E-state index contributed by atoms with van der Waals surface area (Å²) in [5, 5.41) is 6.00. The lowest BCUT2D eigenvalue weighted by Gasteiger charge is -2.08. The highest BCUT2D eigenvalue weighted by Crippen LogP contribution is 2.18. The van der Waals surface area contributed by atoms with Crippen LogP contribution in [-0.2, 0) is 4.79 Å². The third-order valence-electron chi connectivity index (χ3n) is 3.79. The molecule has 0 bridgehead atoms. The van der Waals surface area contributed by atoms with Crippen molar-refractivity contribution in [3.05, 3.63) is 85.6 Å². The first-order valence-electron chi connectivity index (χ1n) is 8.46. The Morgan fingerprint density at radius 1 is 1.11 bits per heavy atom. The zero-order chi connectivity index (χ0) is 19.2. The fourth-order valence-corrected chi connectivity index (χ4v) is 2.46. The van der Waals surface area contributed by atoms with E-state index in [1.54, 1.807) is 53.7 Å². The summed E-state index contributed by atoms with van der Waals surface area (Å²) < 4.78 is 6.94. The highest BCUT2D eigenvalue weighted by atomic mass is 16.3. The van der Waals surface area contributed by atoms with Gasteiger partial charge in [-0.2, -0.15) is 0 Å². The molecule has 0 spiro atoms. The maximum absolute atomic E-state index is 12.0. The standard InChI is InChI=1S/C20H16N6O2/c27-20(8-7-17-2-1-11-28-17)25-16-5-3-15(4-6-16)24-18-12-19(23-13-22-18)26-10-9-21-14-26/h1-14H,(H,25,27)(H,22,23,24)/b8-7+. The van der Waals surface area contributed by atoms with Crippen LogP contribution in [0.3, 0.4) is 0 Å². The van der Waals surface area contributed by atoms with Crippen LogP contribution < -0.4 is 10.6 Å². The van der Waals surface area contributed by atoms with E-state index in [4.69, 9.17) is 4.42 Å². The molecular weight excluding hydrogens is 356 g/mol. The Bertz CT molecular complexity index is 1070. The van der Waals surface area contributed by atoms with Gasteiger partial charge in [-0.25, -0.2) is 15.0 Å². The normalized spacial score (nSPS) is 10.9. The summed E-state index contributed by atoms with van der Waals surface area (Å²) in [7, 11) is 0. The predicted octanol–water partition coefficient (Wildman–Crippen LogP) is 3.65. The number of nitrogens with zero attached hydrogens (tertiary/aromatic N) is 4. The van der Waals surface area contributed by atoms with Gasteiger partial charge < -0.3 is 15.1 Å². The van der Waals surface area contributed by atoms with Crippen molar-refractivity contribution in [3.8, 4) is 5.82 Å². The molecule has 0 unspecified atom stereocenters. The predicted molar refractivity (Wildman–Crippen MR) is 105 cm³/mol. The number of carbonyl (C=O) groups is 1. The summed E-state index contributed by atoms with van der Waals surface area (Å²) in [6.07, 6.45) is 11.2. The van der Waals surface area contributed by atoms with Crippen molar-refractivity contribution in [1.82, 2.24) is 19.5 Å². The molecule has 3 aromatic heterocycles. The topological polar surface area (TPSA) is 97.9 Å². The molecular formula is C20H16N6O2. The smallest absolute Gasteiger partial charge is 0.248 e. The van der Waals surface area contributed by atoms with Gasteiger partial charge in [0.1, 0.15) is 30.1 Å². The summed E-state index contributed by atoms with van der Waals surface area (Å²) in [5.74, 6) is 1.74. The molecule has 0 radical (unpaired) electrons. The Labute approximate surface area is 160 Å². The van der Waals surface area contributed by atoms with Gasteiger partial charge >= 0.3 is 0 Å². The van der Waals surface area contributed by atoms with Crippen molar-refractivity contribution in [2.45, 2.75) is 0 Å². The van der Waals surface area contributed by atoms with E-state index in [1.807, 2.05) is 24.4 Å². The van der Waals surface area contributed by atoms with Crippen molar-refractivity contribution in [2.75, 3.05) is 10.6 Å². The molecule has 4 rings (SSSR count). The molecule has 2 N–H and O–H groups in total. The summed E-state index contributed by atoms with van der Waals surface area (Å²) in [4.78, 5) is 24.4.